The first-order valence-electron chi connectivity index (χ1n) is 8.92. The van der Waals surface area contributed by atoms with Crippen LogP contribution in [0.2, 0.25) is 0 Å². The molecule has 1 aromatic carbocycles. The van der Waals surface area contributed by atoms with Crippen LogP contribution in [0.1, 0.15) is 37.7 Å². The molecular formula is C19H28N2O4. The van der Waals surface area contributed by atoms with E-state index >= 15 is 0 Å². The van der Waals surface area contributed by atoms with Gasteiger partial charge < -0.3 is 19.7 Å². The van der Waals surface area contributed by atoms with Crippen LogP contribution in [0.4, 0.5) is 0 Å². The van der Waals surface area contributed by atoms with Gasteiger partial charge in [-0.25, -0.2) is 0 Å². The van der Waals surface area contributed by atoms with Crippen molar-refractivity contribution in [2.24, 2.45) is 0 Å². The molecule has 1 fully saturated rings. The predicted molar refractivity (Wildman–Crippen MR) is 95.9 cm³/mol. The Balaban J connectivity index is 1.63. The maximum absolute atomic E-state index is 12.0. The molecule has 2 rings (SSSR count). The molecule has 1 heterocycles. The Hall–Kier alpha value is -2.24. The van der Waals surface area contributed by atoms with Crippen LogP contribution in [-0.4, -0.2) is 50.1 Å². The fourth-order valence-electron chi connectivity index (χ4n) is 2.85. The first-order chi connectivity index (χ1) is 12.1. The minimum Gasteiger partial charge on any atom is -0.493 e. The fraction of sp³-hybridized carbons (Fsp3) is 0.579. The SMILES string of the molecule is COc1cc(C)ccc1OCCC(=O)NCCC(=O)N1CCCCC1. The third kappa shape index (κ3) is 6.29. The van der Waals surface area contributed by atoms with Crippen molar-refractivity contribution in [3.05, 3.63) is 23.8 Å². The van der Waals surface area contributed by atoms with Crippen LogP contribution < -0.4 is 14.8 Å². The number of rotatable bonds is 8. The zero-order chi connectivity index (χ0) is 18.1. The van der Waals surface area contributed by atoms with Crippen molar-refractivity contribution in [1.29, 1.82) is 0 Å². The van der Waals surface area contributed by atoms with Crippen molar-refractivity contribution in [3.8, 4) is 11.5 Å². The van der Waals surface area contributed by atoms with E-state index in [1.807, 2.05) is 30.0 Å². The maximum atomic E-state index is 12.0. The van der Waals surface area contributed by atoms with Crippen LogP contribution in [0, 0.1) is 6.92 Å². The van der Waals surface area contributed by atoms with Crippen molar-refractivity contribution in [2.45, 2.75) is 39.0 Å². The number of amides is 2. The van der Waals surface area contributed by atoms with Gasteiger partial charge in [0, 0.05) is 26.1 Å². The van der Waals surface area contributed by atoms with E-state index in [1.165, 1.54) is 6.42 Å². The maximum Gasteiger partial charge on any atom is 0.224 e. The average molecular weight is 348 g/mol. The van der Waals surface area contributed by atoms with E-state index < -0.39 is 0 Å². The molecule has 1 aliphatic rings. The molecule has 0 aromatic heterocycles. The molecule has 0 radical (unpaired) electrons. The summed E-state index contributed by atoms with van der Waals surface area (Å²) in [4.78, 5) is 25.8. The normalized spacial score (nSPS) is 14.1. The van der Waals surface area contributed by atoms with E-state index in [0.29, 0.717) is 24.5 Å². The lowest BCUT2D eigenvalue weighted by molar-refractivity contribution is -0.132. The minimum absolute atomic E-state index is 0.113. The summed E-state index contributed by atoms with van der Waals surface area (Å²) in [7, 11) is 1.59. The van der Waals surface area contributed by atoms with Gasteiger partial charge in [0.25, 0.3) is 0 Å². The van der Waals surface area contributed by atoms with Gasteiger partial charge in [0.1, 0.15) is 0 Å². The highest BCUT2D eigenvalue weighted by molar-refractivity contribution is 5.79. The van der Waals surface area contributed by atoms with Gasteiger partial charge in [-0.3, -0.25) is 9.59 Å². The number of hydrogen-bond donors (Lipinski definition) is 1. The van der Waals surface area contributed by atoms with Crippen LogP contribution in [0.5, 0.6) is 11.5 Å². The van der Waals surface area contributed by atoms with E-state index in [2.05, 4.69) is 5.32 Å². The summed E-state index contributed by atoms with van der Waals surface area (Å²) in [6.07, 6.45) is 3.97. The van der Waals surface area contributed by atoms with Crippen LogP contribution in [-0.2, 0) is 9.59 Å². The molecule has 138 valence electrons. The molecule has 1 aromatic rings. The number of nitrogens with zero attached hydrogens (tertiary/aromatic N) is 1. The molecule has 0 atom stereocenters. The lowest BCUT2D eigenvalue weighted by Crippen LogP contribution is -2.37. The van der Waals surface area contributed by atoms with Crippen molar-refractivity contribution < 1.29 is 19.1 Å². The molecule has 1 saturated heterocycles. The quantitative estimate of drug-likeness (QED) is 0.783. The van der Waals surface area contributed by atoms with Crippen LogP contribution >= 0.6 is 0 Å². The van der Waals surface area contributed by atoms with E-state index in [1.54, 1.807) is 7.11 Å². The molecule has 0 saturated carbocycles. The van der Waals surface area contributed by atoms with Crippen LogP contribution in [0.3, 0.4) is 0 Å². The molecular weight excluding hydrogens is 320 g/mol. The van der Waals surface area contributed by atoms with Gasteiger partial charge in [-0.2, -0.15) is 0 Å². The number of carbonyl (C=O) groups is 2. The second kappa shape index (κ2) is 9.91. The van der Waals surface area contributed by atoms with E-state index in [4.69, 9.17) is 9.47 Å². The standard InChI is InChI=1S/C19H28N2O4/c1-15-6-7-16(17(14-15)24-2)25-13-9-18(22)20-10-8-19(23)21-11-4-3-5-12-21/h6-7,14H,3-5,8-13H2,1-2H3,(H,20,22). The summed E-state index contributed by atoms with van der Waals surface area (Å²) in [5, 5.41) is 2.78. The highest BCUT2D eigenvalue weighted by atomic mass is 16.5. The van der Waals surface area contributed by atoms with Gasteiger partial charge in [0.2, 0.25) is 11.8 Å². The first-order valence-corrected chi connectivity index (χ1v) is 8.92. The molecule has 6 nitrogen and oxygen atoms in total. The van der Waals surface area contributed by atoms with Gasteiger partial charge in [-0.1, -0.05) is 6.07 Å². The Morgan fingerprint density at radius 1 is 1.12 bits per heavy atom. The van der Waals surface area contributed by atoms with E-state index in [9.17, 15) is 9.59 Å². The topological polar surface area (TPSA) is 67.9 Å². The van der Waals surface area contributed by atoms with E-state index in [0.717, 1.165) is 31.5 Å². The highest BCUT2D eigenvalue weighted by Crippen LogP contribution is 2.27. The average Bonchev–Trinajstić information content (AvgIpc) is 2.63. The van der Waals surface area contributed by atoms with Gasteiger partial charge in [0.15, 0.2) is 11.5 Å². The summed E-state index contributed by atoms with van der Waals surface area (Å²) in [5.74, 6) is 1.30. The first kappa shape index (κ1) is 19.1. The number of nitrogens with one attached hydrogen (secondary N) is 1. The van der Waals surface area contributed by atoms with Crippen molar-refractivity contribution in [2.75, 3.05) is 33.4 Å². The second-order valence-electron chi connectivity index (χ2n) is 6.29. The van der Waals surface area contributed by atoms with Gasteiger partial charge in [-0.05, 0) is 43.9 Å². The van der Waals surface area contributed by atoms with E-state index in [-0.39, 0.29) is 24.8 Å². The molecule has 1 N–H and O–H groups in total. The third-order valence-electron chi connectivity index (χ3n) is 4.28. The lowest BCUT2D eigenvalue weighted by atomic mass is 10.1. The fourth-order valence-corrected chi connectivity index (χ4v) is 2.85. The summed E-state index contributed by atoms with van der Waals surface area (Å²) in [6, 6.07) is 5.66. The molecule has 25 heavy (non-hydrogen) atoms. The summed E-state index contributed by atoms with van der Waals surface area (Å²) >= 11 is 0. The Morgan fingerprint density at radius 2 is 1.88 bits per heavy atom. The largest absolute Gasteiger partial charge is 0.493 e. The lowest BCUT2D eigenvalue weighted by Gasteiger charge is -2.26. The van der Waals surface area contributed by atoms with Gasteiger partial charge in [-0.15, -0.1) is 0 Å². The van der Waals surface area contributed by atoms with Crippen LogP contribution in [0.25, 0.3) is 0 Å². The Morgan fingerprint density at radius 3 is 2.60 bits per heavy atom. The Labute approximate surface area is 149 Å². The number of likely N-dealkylation sites (tertiary alicyclic amines) is 1. The number of hydrogen-bond acceptors (Lipinski definition) is 4. The molecule has 0 spiro atoms. The molecule has 2 amide bonds. The number of benzene rings is 1. The van der Waals surface area contributed by atoms with Crippen LogP contribution in [0.15, 0.2) is 18.2 Å². The van der Waals surface area contributed by atoms with Gasteiger partial charge >= 0.3 is 0 Å². The molecule has 0 bridgehead atoms. The molecule has 1 aliphatic heterocycles. The summed E-state index contributed by atoms with van der Waals surface area (Å²) in [6.45, 7) is 4.32. The van der Waals surface area contributed by atoms with Crippen molar-refractivity contribution in [1.82, 2.24) is 10.2 Å². The third-order valence-corrected chi connectivity index (χ3v) is 4.28. The number of aryl methyl sites for hydroxylation is 1. The summed E-state index contributed by atoms with van der Waals surface area (Å²) < 4.78 is 10.9. The van der Waals surface area contributed by atoms with Gasteiger partial charge in [0.05, 0.1) is 20.1 Å². The number of piperidine rings is 1. The second-order valence-corrected chi connectivity index (χ2v) is 6.29. The Bertz CT molecular complexity index is 583. The monoisotopic (exact) mass is 348 g/mol. The smallest absolute Gasteiger partial charge is 0.224 e. The minimum atomic E-state index is -0.113. The molecule has 0 aliphatic carbocycles. The van der Waals surface area contributed by atoms with Crippen molar-refractivity contribution in [3.63, 3.8) is 0 Å². The number of methoxy groups -OCH3 is 1. The zero-order valence-corrected chi connectivity index (χ0v) is 15.2. The molecule has 6 heteroatoms. The van der Waals surface area contributed by atoms with Crippen molar-refractivity contribution >= 4 is 11.8 Å². The highest BCUT2D eigenvalue weighted by Gasteiger charge is 2.16. The Kier molecular flexibility index (Phi) is 7.57. The summed E-state index contributed by atoms with van der Waals surface area (Å²) in [5.41, 5.74) is 1.08. The number of ether oxygens (including phenoxy) is 2. The predicted octanol–water partition coefficient (Wildman–Crippen LogP) is 2.29. The number of carbonyl (C=O) groups excluding carboxylic acids is 2. The zero-order valence-electron chi connectivity index (χ0n) is 15.2. The molecule has 0 unspecified atom stereocenters.